The molecule has 1 aliphatic carbocycles. The van der Waals surface area contributed by atoms with Crippen molar-refractivity contribution in [2.24, 2.45) is 11.7 Å². The van der Waals surface area contributed by atoms with Crippen molar-refractivity contribution in [3.63, 3.8) is 0 Å². The third-order valence-electron chi connectivity index (χ3n) is 4.82. The highest BCUT2D eigenvalue weighted by Crippen LogP contribution is 2.33. The Morgan fingerprint density at radius 1 is 1.38 bits per heavy atom. The molecule has 1 aromatic carbocycles. The van der Waals surface area contributed by atoms with Crippen LogP contribution in [-0.2, 0) is 13.0 Å². The molecule has 2 aromatic rings. The van der Waals surface area contributed by atoms with Gasteiger partial charge < -0.3 is 10.3 Å². The lowest BCUT2D eigenvalue weighted by Crippen LogP contribution is -2.46. The van der Waals surface area contributed by atoms with Crippen molar-refractivity contribution in [2.75, 3.05) is 0 Å². The molecule has 1 fully saturated rings. The lowest BCUT2D eigenvalue weighted by atomic mass is 9.75. The summed E-state index contributed by atoms with van der Waals surface area (Å²) >= 11 is 0. The second-order valence-electron chi connectivity index (χ2n) is 6.91. The number of aromatic nitrogens is 2. The largest absolute Gasteiger partial charge is 0.328 e. The minimum absolute atomic E-state index is 0.0649. The predicted molar refractivity (Wildman–Crippen MR) is 88.3 cm³/mol. The first kappa shape index (κ1) is 14.6. The van der Waals surface area contributed by atoms with Gasteiger partial charge in [0, 0.05) is 18.5 Å². The average molecular weight is 285 g/mol. The van der Waals surface area contributed by atoms with Crippen LogP contribution in [0.25, 0.3) is 11.0 Å². The van der Waals surface area contributed by atoms with Gasteiger partial charge in [-0.05, 0) is 37.3 Å². The highest BCUT2D eigenvalue weighted by Gasteiger charge is 2.32. The van der Waals surface area contributed by atoms with Gasteiger partial charge in [-0.15, -0.1) is 0 Å². The van der Waals surface area contributed by atoms with Crippen LogP contribution in [0, 0.1) is 5.92 Å². The van der Waals surface area contributed by atoms with E-state index in [9.17, 15) is 0 Å². The van der Waals surface area contributed by atoms with E-state index in [-0.39, 0.29) is 5.54 Å². The zero-order chi connectivity index (χ0) is 14.9. The van der Waals surface area contributed by atoms with Gasteiger partial charge in [0.25, 0.3) is 0 Å². The summed E-state index contributed by atoms with van der Waals surface area (Å²) in [5.41, 5.74) is 9.01. The molecule has 1 aromatic heterocycles. The van der Waals surface area contributed by atoms with Crippen molar-refractivity contribution in [1.82, 2.24) is 9.55 Å². The van der Waals surface area contributed by atoms with Gasteiger partial charge in [-0.25, -0.2) is 4.98 Å². The highest BCUT2D eigenvalue weighted by molar-refractivity contribution is 5.75. The SMILES string of the molecule is CCCn1c(CC2(N)CCCC(C)C2)nc2ccccc21. The second kappa shape index (κ2) is 5.80. The quantitative estimate of drug-likeness (QED) is 0.926. The molecule has 2 atom stereocenters. The van der Waals surface area contributed by atoms with E-state index in [4.69, 9.17) is 10.7 Å². The van der Waals surface area contributed by atoms with E-state index in [1.54, 1.807) is 0 Å². The Kier molecular flexibility index (Phi) is 4.03. The van der Waals surface area contributed by atoms with Crippen molar-refractivity contribution in [1.29, 1.82) is 0 Å². The molecule has 0 spiro atoms. The molecule has 1 heterocycles. The van der Waals surface area contributed by atoms with E-state index in [1.807, 2.05) is 0 Å². The van der Waals surface area contributed by atoms with Crippen LogP contribution in [0.15, 0.2) is 24.3 Å². The molecule has 3 nitrogen and oxygen atoms in total. The number of nitrogens with two attached hydrogens (primary N) is 1. The van der Waals surface area contributed by atoms with E-state index in [1.165, 1.54) is 24.2 Å². The Bertz CT molecular complexity index is 616. The number of fused-ring (bicyclic) bond motifs is 1. The summed E-state index contributed by atoms with van der Waals surface area (Å²) in [5, 5.41) is 0. The van der Waals surface area contributed by atoms with Gasteiger partial charge in [-0.1, -0.05) is 38.8 Å². The normalized spacial score (nSPS) is 26.3. The maximum absolute atomic E-state index is 6.72. The third kappa shape index (κ3) is 2.98. The lowest BCUT2D eigenvalue weighted by Gasteiger charge is -2.36. The average Bonchev–Trinajstić information content (AvgIpc) is 2.76. The Morgan fingerprint density at radius 3 is 2.95 bits per heavy atom. The van der Waals surface area contributed by atoms with Gasteiger partial charge in [0.05, 0.1) is 11.0 Å². The number of aryl methyl sites for hydroxylation is 1. The van der Waals surface area contributed by atoms with Crippen molar-refractivity contribution >= 4 is 11.0 Å². The first-order valence-corrected chi connectivity index (χ1v) is 8.34. The fourth-order valence-corrected chi connectivity index (χ4v) is 3.91. The maximum atomic E-state index is 6.72. The minimum atomic E-state index is -0.0649. The lowest BCUT2D eigenvalue weighted by molar-refractivity contribution is 0.230. The molecule has 1 saturated carbocycles. The van der Waals surface area contributed by atoms with E-state index in [0.717, 1.165) is 43.7 Å². The van der Waals surface area contributed by atoms with Crippen molar-refractivity contribution in [3.05, 3.63) is 30.1 Å². The van der Waals surface area contributed by atoms with Crippen LogP contribution in [0.4, 0.5) is 0 Å². The predicted octanol–water partition coefficient (Wildman–Crippen LogP) is 3.90. The molecule has 3 rings (SSSR count). The Labute approximate surface area is 127 Å². The minimum Gasteiger partial charge on any atom is -0.328 e. The molecule has 0 amide bonds. The van der Waals surface area contributed by atoms with Gasteiger partial charge in [0.2, 0.25) is 0 Å². The Hall–Kier alpha value is -1.35. The van der Waals surface area contributed by atoms with Crippen molar-refractivity contribution in [2.45, 2.75) is 64.5 Å². The molecule has 114 valence electrons. The van der Waals surface area contributed by atoms with Gasteiger partial charge in [-0.2, -0.15) is 0 Å². The smallest absolute Gasteiger partial charge is 0.111 e. The van der Waals surface area contributed by atoms with E-state index in [0.29, 0.717) is 0 Å². The van der Waals surface area contributed by atoms with Crippen LogP contribution in [0.5, 0.6) is 0 Å². The van der Waals surface area contributed by atoms with Gasteiger partial charge >= 0.3 is 0 Å². The Balaban J connectivity index is 1.94. The Morgan fingerprint density at radius 2 is 2.19 bits per heavy atom. The van der Waals surface area contributed by atoms with E-state index in [2.05, 4.69) is 42.7 Å². The summed E-state index contributed by atoms with van der Waals surface area (Å²) < 4.78 is 2.38. The molecular weight excluding hydrogens is 258 g/mol. The molecule has 2 N–H and O–H groups in total. The topological polar surface area (TPSA) is 43.8 Å². The molecule has 3 heteroatoms. The number of para-hydroxylation sites is 2. The molecule has 0 aliphatic heterocycles. The van der Waals surface area contributed by atoms with Crippen molar-refractivity contribution < 1.29 is 0 Å². The summed E-state index contributed by atoms with van der Waals surface area (Å²) in [6.07, 6.45) is 6.87. The third-order valence-corrected chi connectivity index (χ3v) is 4.82. The number of imidazole rings is 1. The van der Waals surface area contributed by atoms with Gasteiger partial charge in [-0.3, -0.25) is 0 Å². The summed E-state index contributed by atoms with van der Waals surface area (Å²) in [7, 11) is 0. The highest BCUT2D eigenvalue weighted by atomic mass is 15.1. The van der Waals surface area contributed by atoms with Crippen LogP contribution in [0.1, 0.15) is 51.8 Å². The summed E-state index contributed by atoms with van der Waals surface area (Å²) in [5.74, 6) is 1.92. The van der Waals surface area contributed by atoms with Crippen LogP contribution < -0.4 is 5.73 Å². The molecule has 2 unspecified atom stereocenters. The summed E-state index contributed by atoms with van der Waals surface area (Å²) in [6.45, 7) is 5.58. The van der Waals surface area contributed by atoms with Crippen LogP contribution >= 0.6 is 0 Å². The zero-order valence-electron chi connectivity index (χ0n) is 13.3. The van der Waals surface area contributed by atoms with Crippen LogP contribution in [-0.4, -0.2) is 15.1 Å². The summed E-state index contributed by atoms with van der Waals surface area (Å²) in [6, 6.07) is 8.45. The molecule has 0 radical (unpaired) electrons. The van der Waals surface area contributed by atoms with Crippen LogP contribution in [0.3, 0.4) is 0 Å². The molecule has 0 saturated heterocycles. The molecule has 0 bridgehead atoms. The molecular formula is C18H27N3. The first-order valence-electron chi connectivity index (χ1n) is 8.34. The maximum Gasteiger partial charge on any atom is 0.111 e. The number of nitrogens with zero attached hydrogens (tertiary/aromatic N) is 2. The van der Waals surface area contributed by atoms with Gasteiger partial charge in [0.1, 0.15) is 5.82 Å². The number of hydrogen-bond donors (Lipinski definition) is 1. The number of hydrogen-bond acceptors (Lipinski definition) is 2. The fourth-order valence-electron chi connectivity index (χ4n) is 3.91. The van der Waals surface area contributed by atoms with Gasteiger partial charge in [0.15, 0.2) is 0 Å². The molecule has 1 aliphatic rings. The monoisotopic (exact) mass is 285 g/mol. The number of rotatable bonds is 4. The fraction of sp³-hybridized carbons (Fsp3) is 0.611. The summed E-state index contributed by atoms with van der Waals surface area (Å²) in [4.78, 5) is 4.88. The van der Waals surface area contributed by atoms with E-state index < -0.39 is 0 Å². The van der Waals surface area contributed by atoms with Crippen LogP contribution in [0.2, 0.25) is 0 Å². The number of benzene rings is 1. The zero-order valence-corrected chi connectivity index (χ0v) is 13.3. The van der Waals surface area contributed by atoms with E-state index >= 15 is 0 Å². The second-order valence-corrected chi connectivity index (χ2v) is 6.91. The molecule has 21 heavy (non-hydrogen) atoms. The standard InChI is InChI=1S/C18H27N3/c1-3-11-21-16-9-5-4-8-15(16)20-17(21)13-18(19)10-6-7-14(2)12-18/h4-5,8-9,14H,3,6-7,10-13,19H2,1-2H3. The first-order chi connectivity index (χ1) is 10.1. The van der Waals surface area contributed by atoms with Crippen molar-refractivity contribution in [3.8, 4) is 0 Å².